The summed E-state index contributed by atoms with van der Waals surface area (Å²) in [6, 6.07) is 21.3. The molecule has 1 heterocycles. The van der Waals surface area contributed by atoms with Gasteiger partial charge >= 0.3 is 5.97 Å². The van der Waals surface area contributed by atoms with E-state index in [-0.39, 0.29) is 10.6 Å². The molecule has 0 spiro atoms. The minimum atomic E-state index is -4.20. The number of sulfonamides is 1. The lowest BCUT2D eigenvalue weighted by Gasteiger charge is -2.29. The van der Waals surface area contributed by atoms with Crippen molar-refractivity contribution >= 4 is 21.7 Å². The number of nitrogens with one attached hydrogen (secondary N) is 1. The number of carbonyl (C=O) groups is 1. The highest BCUT2D eigenvalue weighted by Gasteiger charge is 2.49. The van der Waals surface area contributed by atoms with Crippen LogP contribution in [0.25, 0.3) is 0 Å². The number of nitro benzene ring substituents is 1. The second kappa shape index (κ2) is 9.69. The Balaban J connectivity index is 1.78. The number of rotatable bonds is 7. The molecule has 3 atom stereocenters. The van der Waals surface area contributed by atoms with Gasteiger partial charge in [-0.05, 0) is 23.3 Å². The first-order chi connectivity index (χ1) is 16.3. The molecular formula is C23H21N3O7S. The lowest BCUT2D eigenvalue weighted by atomic mass is 10.0. The van der Waals surface area contributed by atoms with Crippen LogP contribution in [0.5, 0.6) is 0 Å². The Morgan fingerprint density at radius 1 is 0.971 bits per heavy atom. The zero-order valence-corrected chi connectivity index (χ0v) is 18.8. The van der Waals surface area contributed by atoms with Gasteiger partial charge in [0.2, 0.25) is 0 Å². The highest BCUT2D eigenvalue weighted by molar-refractivity contribution is 7.89. The summed E-state index contributed by atoms with van der Waals surface area (Å²) >= 11 is 0. The predicted molar refractivity (Wildman–Crippen MR) is 121 cm³/mol. The summed E-state index contributed by atoms with van der Waals surface area (Å²) in [7, 11) is -2.97. The Hall–Kier alpha value is -3.64. The normalized spacial score (nSPS) is 20.7. The number of carbonyl (C=O) groups excluding carboxylic acids is 1. The number of non-ortho nitro benzene ring substituents is 1. The fourth-order valence-electron chi connectivity index (χ4n) is 3.76. The van der Waals surface area contributed by atoms with Crippen molar-refractivity contribution in [1.82, 2.24) is 9.84 Å². The number of hydrogen-bond acceptors (Lipinski definition) is 8. The van der Waals surface area contributed by atoms with Gasteiger partial charge in [0, 0.05) is 12.1 Å². The van der Waals surface area contributed by atoms with Gasteiger partial charge in [-0.1, -0.05) is 60.7 Å². The van der Waals surface area contributed by atoms with E-state index in [0.717, 1.165) is 24.3 Å². The topological polar surface area (TPSA) is 128 Å². The lowest BCUT2D eigenvalue weighted by molar-refractivity contribution is -0.384. The second-order valence-corrected chi connectivity index (χ2v) is 9.11. The minimum Gasteiger partial charge on any atom is -0.467 e. The van der Waals surface area contributed by atoms with Crippen LogP contribution in [-0.4, -0.2) is 37.5 Å². The van der Waals surface area contributed by atoms with Crippen molar-refractivity contribution in [2.45, 2.75) is 23.3 Å². The zero-order valence-electron chi connectivity index (χ0n) is 18.0. The van der Waals surface area contributed by atoms with Gasteiger partial charge in [-0.3, -0.25) is 10.1 Å². The summed E-state index contributed by atoms with van der Waals surface area (Å²) in [6.45, 7) is 0. The second-order valence-electron chi connectivity index (χ2n) is 7.45. The molecule has 10 nitrogen and oxygen atoms in total. The third kappa shape index (κ3) is 4.68. The maximum Gasteiger partial charge on any atom is 0.337 e. The van der Waals surface area contributed by atoms with Crippen molar-refractivity contribution in [2.24, 2.45) is 0 Å². The highest BCUT2D eigenvalue weighted by atomic mass is 32.2. The molecule has 0 amide bonds. The molecule has 0 radical (unpaired) electrons. The maximum atomic E-state index is 13.3. The predicted octanol–water partition coefficient (Wildman–Crippen LogP) is 3.10. The van der Waals surface area contributed by atoms with Crippen LogP contribution in [0.2, 0.25) is 0 Å². The van der Waals surface area contributed by atoms with Crippen molar-refractivity contribution in [3.8, 4) is 0 Å². The molecule has 0 aliphatic carbocycles. The molecule has 34 heavy (non-hydrogen) atoms. The van der Waals surface area contributed by atoms with E-state index >= 15 is 0 Å². The van der Waals surface area contributed by atoms with Gasteiger partial charge in [0.05, 0.1) is 23.0 Å². The van der Waals surface area contributed by atoms with Gasteiger partial charge in [-0.25, -0.2) is 13.2 Å². The number of hydrazine groups is 1. The molecule has 1 N–H and O–H groups in total. The number of nitro groups is 1. The van der Waals surface area contributed by atoms with Gasteiger partial charge in [0.1, 0.15) is 0 Å². The van der Waals surface area contributed by atoms with Crippen LogP contribution in [0, 0.1) is 10.1 Å². The number of nitrogens with zero attached hydrogens (tertiary/aromatic N) is 2. The van der Waals surface area contributed by atoms with E-state index in [9.17, 15) is 23.3 Å². The molecule has 2 unspecified atom stereocenters. The van der Waals surface area contributed by atoms with Crippen molar-refractivity contribution in [3.63, 3.8) is 0 Å². The standard InChI is InChI=1S/C23H21N3O7S/c1-32-23(27)21-20(16-8-4-2-5-9-16)25(22(33-21)17-10-6-3-7-11-17)24-34(30,31)19-14-12-18(13-15-19)26(28)29/h2-15,20-22,24H,1H3/t20?,21?,22-/m0/s1. The first-order valence-corrected chi connectivity index (χ1v) is 11.7. The van der Waals surface area contributed by atoms with Gasteiger partial charge < -0.3 is 9.47 Å². The average molecular weight is 484 g/mol. The summed E-state index contributed by atoms with van der Waals surface area (Å²) in [5.41, 5.74) is 1.00. The van der Waals surface area contributed by atoms with Crippen LogP contribution in [0.1, 0.15) is 23.4 Å². The molecule has 0 aromatic heterocycles. The molecule has 1 aliphatic rings. The molecule has 3 aromatic carbocycles. The van der Waals surface area contributed by atoms with Gasteiger partial charge in [0.15, 0.2) is 12.3 Å². The van der Waals surface area contributed by atoms with E-state index in [2.05, 4.69) is 4.83 Å². The lowest BCUT2D eigenvalue weighted by Crippen LogP contribution is -2.45. The number of benzene rings is 3. The van der Waals surface area contributed by atoms with Crippen LogP contribution in [-0.2, 0) is 24.3 Å². The Morgan fingerprint density at radius 2 is 1.53 bits per heavy atom. The Morgan fingerprint density at radius 3 is 2.06 bits per heavy atom. The van der Waals surface area contributed by atoms with Crippen molar-refractivity contribution < 1.29 is 27.6 Å². The largest absolute Gasteiger partial charge is 0.467 e. The Labute approximate surface area is 195 Å². The van der Waals surface area contributed by atoms with Gasteiger partial charge in [-0.2, -0.15) is 5.01 Å². The fraction of sp³-hybridized carbons (Fsp3) is 0.174. The maximum absolute atomic E-state index is 13.3. The first-order valence-electron chi connectivity index (χ1n) is 10.2. The van der Waals surface area contributed by atoms with Gasteiger partial charge in [0.25, 0.3) is 15.7 Å². The summed E-state index contributed by atoms with van der Waals surface area (Å²) < 4.78 is 37.5. The molecule has 1 aliphatic heterocycles. The van der Waals surface area contributed by atoms with Crippen molar-refractivity contribution in [1.29, 1.82) is 0 Å². The van der Waals surface area contributed by atoms with Crippen LogP contribution < -0.4 is 4.83 Å². The van der Waals surface area contributed by atoms with Crippen LogP contribution in [0.4, 0.5) is 5.69 Å². The summed E-state index contributed by atoms with van der Waals surface area (Å²) in [5.74, 6) is -0.660. The molecule has 1 saturated heterocycles. The highest BCUT2D eigenvalue weighted by Crippen LogP contribution is 2.42. The number of ether oxygens (including phenoxy) is 2. The summed E-state index contributed by atoms with van der Waals surface area (Å²) in [4.78, 5) is 25.3. The third-order valence-electron chi connectivity index (χ3n) is 5.36. The van der Waals surface area contributed by atoms with Crippen LogP contribution in [0.15, 0.2) is 89.8 Å². The summed E-state index contributed by atoms with van der Waals surface area (Å²) in [5, 5.41) is 12.3. The summed E-state index contributed by atoms with van der Waals surface area (Å²) in [6.07, 6.45) is -2.08. The first kappa shape index (κ1) is 23.5. The Bertz CT molecular complexity index is 1270. The average Bonchev–Trinajstić information content (AvgIpc) is 3.23. The molecule has 11 heteroatoms. The van der Waals surface area contributed by atoms with E-state index in [1.165, 1.54) is 12.1 Å². The van der Waals surface area contributed by atoms with Crippen LogP contribution in [0.3, 0.4) is 0 Å². The molecule has 1 fully saturated rings. The fourth-order valence-corrected chi connectivity index (χ4v) is 4.84. The monoisotopic (exact) mass is 483 g/mol. The molecule has 0 saturated carbocycles. The van der Waals surface area contributed by atoms with E-state index in [0.29, 0.717) is 11.1 Å². The smallest absolute Gasteiger partial charge is 0.337 e. The number of methoxy groups -OCH3 is 1. The third-order valence-corrected chi connectivity index (χ3v) is 6.70. The molecule has 176 valence electrons. The zero-order chi connectivity index (χ0) is 24.3. The molecule has 3 aromatic rings. The van der Waals surface area contributed by atoms with E-state index < -0.39 is 39.3 Å². The van der Waals surface area contributed by atoms with E-state index in [1.807, 2.05) is 0 Å². The quantitative estimate of drug-likeness (QED) is 0.308. The molecular weight excluding hydrogens is 462 g/mol. The van der Waals surface area contributed by atoms with E-state index in [4.69, 9.17) is 9.47 Å². The van der Waals surface area contributed by atoms with Crippen molar-refractivity contribution in [2.75, 3.05) is 7.11 Å². The van der Waals surface area contributed by atoms with Crippen LogP contribution >= 0.6 is 0 Å². The molecule has 4 rings (SSSR count). The number of esters is 1. The van der Waals surface area contributed by atoms with Crippen molar-refractivity contribution in [3.05, 3.63) is 106 Å². The van der Waals surface area contributed by atoms with E-state index in [1.54, 1.807) is 60.7 Å². The SMILES string of the molecule is COC(=O)C1O[C@@H](c2ccccc2)N(NS(=O)(=O)c2ccc([N+](=O)[O-])cc2)C1c1ccccc1. The minimum absolute atomic E-state index is 0.182. The molecule has 0 bridgehead atoms. The van der Waals surface area contributed by atoms with Gasteiger partial charge in [-0.15, -0.1) is 4.83 Å². The number of hydrogen-bond donors (Lipinski definition) is 1. The Kier molecular flexibility index (Phi) is 6.70.